The average Bonchev–Trinajstić information content (AvgIpc) is 2.77. The Morgan fingerprint density at radius 2 is 1.94 bits per heavy atom. The van der Waals surface area contributed by atoms with Crippen molar-refractivity contribution < 1.29 is 4.79 Å². The van der Waals surface area contributed by atoms with Crippen LogP contribution in [-0.2, 0) is 4.79 Å². The predicted octanol–water partition coefficient (Wildman–Crippen LogP) is 0.874. The number of amides is 1. The van der Waals surface area contributed by atoms with Gasteiger partial charge in [-0.25, -0.2) is 0 Å². The summed E-state index contributed by atoms with van der Waals surface area (Å²) in [6, 6.07) is 0.585. The van der Waals surface area contributed by atoms with Crippen molar-refractivity contribution in [2.24, 2.45) is 17.4 Å². The summed E-state index contributed by atoms with van der Waals surface area (Å²) >= 11 is 0. The van der Waals surface area contributed by atoms with E-state index in [1.807, 2.05) is 11.8 Å². The zero-order valence-corrected chi connectivity index (χ0v) is 11.3. The normalized spacial score (nSPS) is 37.0. The lowest BCUT2D eigenvalue weighted by molar-refractivity contribution is -0.132. The quantitative estimate of drug-likeness (QED) is 0.775. The molecule has 0 aromatic rings. The summed E-state index contributed by atoms with van der Waals surface area (Å²) in [5.74, 6) is 0.652. The molecule has 0 spiro atoms. The van der Waals surface area contributed by atoms with Gasteiger partial charge in [-0.3, -0.25) is 4.79 Å². The molecule has 0 bridgehead atoms. The molecule has 1 saturated carbocycles. The Labute approximate surface area is 109 Å². The van der Waals surface area contributed by atoms with Gasteiger partial charge in [0.25, 0.3) is 0 Å². The highest BCUT2D eigenvalue weighted by Gasteiger charge is 2.34. The minimum atomic E-state index is 0. The van der Waals surface area contributed by atoms with E-state index in [1.165, 1.54) is 6.42 Å². The molecule has 4 atom stereocenters. The molecule has 5 heteroatoms. The number of nitrogens with zero attached hydrogens (tertiary/aromatic N) is 1. The van der Waals surface area contributed by atoms with E-state index in [1.54, 1.807) is 0 Å². The van der Waals surface area contributed by atoms with E-state index in [-0.39, 0.29) is 36.4 Å². The van der Waals surface area contributed by atoms with Crippen LogP contribution >= 0.6 is 12.4 Å². The lowest BCUT2D eigenvalue weighted by atomic mass is 9.99. The van der Waals surface area contributed by atoms with Crippen LogP contribution in [0.5, 0.6) is 0 Å². The van der Waals surface area contributed by atoms with Gasteiger partial charge < -0.3 is 16.4 Å². The Bertz CT molecular complexity index is 274. The van der Waals surface area contributed by atoms with Crippen molar-refractivity contribution in [3.63, 3.8) is 0 Å². The topological polar surface area (TPSA) is 72.3 Å². The van der Waals surface area contributed by atoms with Crippen LogP contribution in [0.25, 0.3) is 0 Å². The Morgan fingerprint density at radius 3 is 2.41 bits per heavy atom. The van der Waals surface area contributed by atoms with Gasteiger partial charge in [-0.15, -0.1) is 12.4 Å². The van der Waals surface area contributed by atoms with Gasteiger partial charge in [-0.05, 0) is 32.1 Å². The molecule has 1 amide bonds. The fourth-order valence-corrected chi connectivity index (χ4v) is 2.98. The fourth-order valence-electron chi connectivity index (χ4n) is 2.98. The molecule has 17 heavy (non-hydrogen) atoms. The second-order valence-corrected chi connectivity index (χ2v) is 5.34. The Morgan fingerprint density at radius 1 is 1.24 bits per heavy atom. The molecule has 4 nitrogen and oxygen atoms in total. The first-order valence-electron chi connectivity index (χ1n) is 6.40. The number of hydrogen-bond donors (Lipinski definition) is 2. The molecule has 1 aliphatic carbocycles. The number of rotatable bonds is 2. The monoisotopic (exact) mass is 261 g/mol. The van der Waals surface area contributed by atoms with Crippen LogP contribution in [0.15, 0.2) is 0 Å². The third kappa shape index (κ3) is 3.12. The van der Waals surface area contributed by atoms with E-state index in [0.29, 0.717) is 12.3 Å². The van der Waals surface area contributed by atoms with Crippen LogP contribution in [0, 0.1) is 5.92 Å². The van der Waals surface area contributed by atoms with Gasteiger partial charge in [0.15, 0.2) is 0 Å². The summed E-state index contributed by atoms with van der Waals surface area (Å²) < 4.78 is 0. The first kappa shape index (κ1) is 14.7. The summed E-state index contributed by atoms with van der Waals surface area (Å²) in [5.41, 5.74) is 11.9. The molecule has 100 valence electrons. The summed E-state index contributed by atoms with van der Waals surface area (Å²) in [4.78, 5) is 14.1. The molecule has 0 aromatic heterocycles. The highest BCUT2D eigenvalue weighted by molar-refractivity contribution is 5.85. The molecular weight excluding hydrogens is 238 g/mol. The molecule has 2 fully saturated rings. The molecular formula is C12H24ClN3O. The minimum absolute atomic E-state index is 0. The average molecular weight is 262 g/mol. The van der Waals surface area contributed by atoms with Crippen LogP contribution in [0.2, 0.25) is 0 Å². The number of hydrogen-bond acceptors (Lipinski definition) is 3. The van der Waals surface area contributed by atoms with Crippen molar-refractivity contribution in [2.45, 2.75) is 57.2 Å². The van der Waals surface area contributed by atoms with E-state index in [2.05, 4.69) is 0 Å². The van der Waals surface area contributed by atoms with E-state index >= 15 is 0 Å². The zero-order valence-electron chi connectivity index (χ0n) is 10.5. The van der Waals surface area contributed by atoms with E-state index in [0.717, 1.165) is 25.8 Å². The summed E-state index contributed by atoms with van der Waals surface area (Å²) in [7, 11) is 0. The zero-order chi connectivity index (χ0) is 11.7. The standard InChI is InChI=1S/C12H23N3O.ClH/c1-8-10(13)5-6-15(8)12(16)7-9-3-2-4-11(9)14;/h8-11H,2-7,13-14H2,1H3;1H/t8?,9-,10?,11+;/m0./s1. The van der Waals surface area contributed by atoms with Crippen molar-refractivity contribution >= 4 is 18.3 Å². The van der Waals surface area contributed by atoms with Gasteiger partial charge in [0.2, 0.25) is 5.91 Å². The molecule has 4 N–H and O–H groups in total. The number of nitrogens with two attached hydrogens (primary N) is 2. The number of halogens is 1. The van der Waals surface area contributed by atoms with Crippen molar-refractivity contribution in [1.82, 2.24) is 4.90 Å². The maximum atomic E-state index is 12.1. The lowest BCUT2D eigenvalue weighted by Gasteiger charge is -2.25. The van der Waals surface area contributed by atoms with Gasteiger partial charge in [-0.2, -0.15) is 0 Å². The molecule has 0 radical (unpaired) electrons. The third-order valence-corrected chi connectivity index (χ3v) is 4.29. The Hall–Kier alpha value is -0.320. The molecule has 1 heterocycles. The van der Waals surface area contributed by atoms with Crippen molar-refractivity contribution in [3.05, 3.63) is 0 Å². The fraction of sp³-hybridized carbons (Fsp3) is 0.917. The molecule has 1 saturated heterocycles. The second-order valence-electron chi connectivity index (χ2n) is 5.34. The van der Waals surface area contributed by atoms with Crippen LogP contribution < -0.4 is 11.5 Å². The van der Waals surface area contributed by atoms with Crippen molar-refractivity contribution in [1.29, 1.82) is 0 Å². The number of likely N-dealkylation sites (tertiary alicyclic amines) is 1. The molecule has 2 rings (SSSR count). The minimum Gasteiger partial charge on any atom is -0.338 e. The molecule has 2 unspecified atom stereocenters. The van der Waals surface area contributed by atoms with Crippen LogP contribution in [0.1, 0.15) is 39.0 Å². The number of carbonyl (C=O) groups excluding carboxylic acids is 1. The van der Waals surface area contributed by atoms with Gasteiger partial charge in [0, 0.05) is 31.1 Å². The van der Waals surface area contributed by atoms with Crippen LogP contribution in [0.4, 0.5) is 0 Å². The molecule has 1 aliphatic heterocycles. The summed E-state index contributed by atoms with van der Waals surface area (Å²) in [5, 5.41) is 0. The Kier molecular flexibility index (Phi) is 5.22. The number of carbonyl (C=O) groups is 1. The van der Waals surface area contributed by atoms with E-state index in [9.17, 15) is 4.79 Å². The van der Waals surface area contributed by atoms with Crippen molar-refractivity contribution in [2.75, 3.05) is 6.54 Å². The largest absolute Gasteiger partial charge is 0.338 e. The highest BCUT2D eigenvalue weighted by Crippen LogP contribution is 2.28. The van der Waals surface area contributed by atoms with E-state index < -0.39 is 0 Å². The molecule has 2 aliphatic rings. The highest BCUT2D eigenvalue weighted by atomic mass is 35.5. The first-order valence-corrected chi connectivity index (χ1v) is 6.40. The van der Waals surface area contributed by atoms with Gasteiger partial charge in [0.05, 0.1) is 0 Å². The summed E-state index contributed by atoms with van der Waals surface area (Å²) in [6.45, 7) is 2.87. The maximum absolute atomic E-state index is 12.1. The van der Waals surface area contributed by atoms with Crippen molar-refractivity contribution in [3.8, 4) is 0 Å². The van der Waals surface area contributed by atoms with Gasteiger partial charge in [-0.1, -0.05) is 6.42 Å². The predicted molar refractivity (Wildman–Crippen MR) is 70.9 cm³/mol. The van der Waals surface area contributed by atoms with Gasteiger partial charge >= 0.3 is 0 Å². The smallest absolute Gasteiger partial charge is 0.223 e. The first-order chi connectivity index (χ1) is 7.59. The summed E-state index contributed by atoms with van der Waals surface area (Å²) in [6.07, 6.45) is 4.92. The SMILES string of the molecule is CC1C(N)CCN1C(=O)C[C@@H]1CCC[C@H]1N.Cl. The van der Waals surface area contributed by atoms with Crippen LogP contribution in [0.3, 0.4) is 0 Å². The van der Waals surface area contributed by atoms with Gasteiger partial charge in [0.1, 0.15) is 0 Å². The lowest BCUT2D eigenvalue weighted by Crippen LogP contribution is -2.41. The van der Waals surface area contributed by atoms with E-state index in [4.69, 9.17) is 11.5 Å². The second kappa shape index (κ2) is 6.03. The Balaban J connectivity index is 0.00000144. The third-order valence-electron chi connectivity index (χ3n) is 4.29. The molecule has 0 aromatic carbocycles. The maximum Gasteiger partial charge on any atom is 0.223 e. The van der Waals surface area contributed by atoms with Crippen LogP contribution in [-0.4, -0.2) is 35.5 Å².